The minimum Gasteiger partial charge on any atom is -0.258 e. The van der Waals surface area contributed by atoms with E-state index in [2.05, 4.69) is 32.7 Å². The van der Waals surface area contributed by atoms with E-state index in [1.807, 2.05) is 24.3 Å². The van der Waals surface area contributed by atoms with E-state index in [0.717, 1.165) is 20.3 Å². The van der Waals surface area contributed by atoms with Gasteiger partial charge in [-0.1, -0.05) is 52.0 Å². The average Bonchev–Trinajstić information content (AvgIpc) is 2.62. The van der Waals surface area contributed by atoms with E-state index < -0.39 is 17.1 Å². The molecule has 27 heavy (non-hydrogen) atoms. The third-order valence-electron chi connectivity index (χ3n) is 4.64. The topological polar surface area (TPSA) is 76.9 Å². The molecule has 0 aliphatic heterocycles. The van der Waals surface area contributed by atoms with Crippen LogP contribution in [0, 0.1) is 0 Å². The number of benzene rings is 2. The third-order valence-corrected chi connectivity index (χ3v) is 4.64. The van der Waals surface area contributed by atoms with Crippen molar-refractivity contribution in [2.45, 2.75) is 39.5 Å². The predicted octanol–water partition coefficient (Wildman–Crippen LogP) is 2.92. The molecule has 0 atom stereocenters. The largest absolute Gasteiger partial charge is 0.345 e. The zero-order valence-corrected chi connectivity index (χ0v) is 15.9. The van der Waals surface area contributed by atoms with Crippen LogP contribution < -0.4 is 17.1 Å². The van der Waals surface area contributed by atoms with Crippen LogP contribution in [0.3, 0.4) is 0 Å². The predicted molar refractivity (Wildman–Crippen MR) is 106 cm³/mol. The summed E-state index contributed by atoms with van der Waals surface area (Å²) in [6.45, 7) is 8.26. The molecule has 140 valence electrons. The monoisotopic (exact) mass is 365 g/mol. The van der Waals surface area contributed by atoms with Crippen molar-refractivity contribution in [3.05, 3.63) is 91.1 Å². The van der Waals surface area contributed by atoms with E-state index in [1.54, 1.807) is 24.3 Å². The molecule has 1 heterocycles. The second-order valence-electron chi connectivity index (χ2n) is 7.18. The van der Waals surface area contributed by atoms with E-state index >= 15 is 0 Å². The number of nitrogens with one attached hydrogen (secondary N) is 1. The average molecular weight is 365 g/mol. The van der Waals surface area contributed by atoms with E-state index in [0.29, 0.717) is 23.2 Å². The number of hydrogen-bond acceptors (Lipinski definition) is 3. The minimum absolute atomic E-state index is 0.336. The molecule has 0 amide bonds. The van der Waals surface area contributed by atoms with Crippen molar-refractivity contribution in [3.8, 4) is 11.4 Å². The molecule has 1 aromatic heterocycles. The van der Waals surface area contributed by atoms with Crippen molar-refractivity contribution in [1.29, 1.82) is 0 Å². The van der Waals surface area contributed by atoms with Crippen LogP contribution in [-0.4, -0.2) is 14.1 Å². The molecule has 0 saturated heterocycles. The molecule has 0 unspecified atom stereocenters. The molecule has 0 saturated carbocycles. The fraction of sp³-hybridized carbons (Fsp3) is 0.286. The summed E-state index contributed by atoms with van der Waals surface area (Å²) >= 11 is 0. The smallest absolute Gasteiger partial charge is 0.258 e. The van der Waals surface area contributed by atoms with Crippen LogP contribution in [-0.2, 0) is 0 Å². The van der Waals surface area contributed by atoms with Gasteiger partial charge in [0.15, 0.2) is 0 Å². The molecule has 0 radical (unpaired) electrons. The van der Waals surface area contributed by atoms with Gasteiger partial charge in [-0.15, -0.1) is 0 Å². The summed E-state index contributed by atoms with van der Waals surface area (Å²) in [5.41, 5.74) is 0.825. The summed E-state index contributed by atoms with van der Waals surface area (Å²) in [4.78, 5) is 39.8. The Balaban J connectivity index is 2.18. The molecule has 3 rings (SSSR count). The van der Waals surface area contributed by atoms with Gasteiger partial charge in [0.05, 0.1) is 11.4 Å². The van der Waals surface area contributed by atoms with Gasteiger partial charge >= 0.3 is 17.1 Å². The standard InChI is InChI=1S/C21H23N3O3/c1-13(2)15-5-9-17(10-6-15)23-19(25)22-20(26)24(21(23)27)18-11-7-16(8-12-18)14(3)4/h5-14H,1-4H3,(H,22,25,26). The fourth-order valence-electron chi connectivity index (χ4n) is 2.95. The van der Waals surface area contributed by atoms with E-state index in [1.165, 1.54) is 0 Å². The zero-order chi connectivity index (χ0) is 19.7. The summed E-state index contributed by atoms with van der Waals surface area (Å²) in [6.07, 6.45) is 0. The Morgan fingerprint density at radius 3 is 1.26 bits per heavy atom. The quantitative estimate of drug-likeness (QED) is 0.772. The first kappa shape index (κ1) is 18.6. The second kappa shape index (κ2) is 7.23. The van der Waals surface area contributed by atoms with Crippen LogP contribution >= 0.6 is 0 Å². The highest BCUT2D eigenvalue weighted by Gasteiger charge is 2.13. The lowest BCUT2D eigenvalue weighted by Gasteiger charge is -2.11. The van der Waals surface area contributed by atoms with Crippen molar-refractivity contribution >= 4 is 0 Å². The molecule has 6 heteroatoms. The van der Waals surface area contributed by atoms with Crippen LogP contribution in [0.25, 0.3) is 11.4 Å². The summed E-state index contributed by atoms with van der Waals surface area (Å²) < 4.78 is 1.95. The normalized spacial score (nSPS) is 11.3. The van der Waals surface area contributed by atoms with Crippen LogP contribution in [0.5, 0.6) is 0 Å². The number of nitrogens with zero attached hydrogens (tertiary/aromatic N) is 2. The summed E-state index contributed by atoms with van der Waals surface area (Å²) in [7, 11) is 0. The zero-order valence-electron chi connectivity index (χ0n) is 15.9. The minimum atomic E-state index is -0.752. The highest BCUT2D eigenvalue weighted by molar-refractivity contribution is 5.38. The van der Waals surface area contributed by atoms with Crippen molar-refractivity contribution in [2.24, 2.45) is 0 Å². The van der Waals surface area contributed by atoms with Gasteiger partial charge in [0, 0.05) is 0 Å². The van der Waals surface area contributed by atoms with Crippen molar-refractivity contribution in [3.63, 3.8) is 0 Å². The summed E-state index contributed by atoms with van der Waals surface area (Å²) in [5, 5.41) is 0. The Kier molecular flexibility index (Phi) is 4.99. The van der Waals surface area contributed by atoms with Gasteiger partial charge < -0.3 is 0 Å². The second-order valence-corrected chi connectivity index (χ2v) is 7.18. The summed E-state index contributed by atoms with van der Waals surface area (Å²) in [5.74, 6) is 0.671. The molecule has 0 aliphatic rings. The van der Waals surface area contributed by atoms with Crippen molar-refractivity contribution in [1.82, 2.24) is 14.1 Å². The van der Waals surface area contributed by atoms with Crippen LogP contribution in [0.1, 0.15) is 50.7 Å². The molecular weight excluding hydrogens is 342 g/mol. The van der Waals surface area contributed by atoms with Crippen LogP contribution in [0.15, 0.2) is 62.9 Å². The number of hydrogen-bond donors (Lipinski definition) is 1. The molecule has 6 nitrogen and oxygen atoms in total. The van der Waals surface area contributed by atoms with Crippen molar-refractivity contribution < 1.29 is 0 Å². The molecule has 0 aliphatic carbocycles. The van der Waals surface area contributed by atoms with Gasteiger partial charge in [-0.2, -0.15) is 0 Å². The lowest BCUT2D eigenvalue weighted by atomic mass is 10.0. The van der Waals surface area contributed by atoms with Crippen molar-refractivity contribution in [2.75, 3.05) is 0 Å². The Hall–Kier alpha value is -3.15. The highest BCUT2D eigenvalue weighted by atomic mass is 16.2. The lowest BCUT2D eigenvalue weighted by Crippen LogP contribution is -2.48. The number of rotatable bonds is 4. The molecule has 2 aromatic carbocycles. The third kappa shape index (κ3) is 3.56. The Bertz CT molecular complexity index is 1030. The molecule has 1 N–H and O–H groups in total. The first-order valence-corrected chi connectivity index (χ1v) is 8.98. The maximum absolute atomic E-state index is 13.0. The SMILES string of the molecule is CC(C)c1ccc(-n2c(=O)[nH]c(=O)n(-c3ccc(C(C)C)cc3)c2=O)cc1. The fourth-order valence-corrected chi connectivity index (χ4v) is 2.95. The molecule has 0 bridgehead atoms. The molecule has 0 fully saturated rings. The Morgan fingerprint density at radius 1 is 0.630 bits per heavy atom. The lowest BCUT2D eigenvalue weighted by molar-refractivity contribution is 0.713. The van der Waals surface area contributed by atoms with Gasteiger partial charge in [-0.05, 0) is 47.2 Å². The maximum atomic E-state index is 13.0. The Labute approximate surface area is 156 Å². The first-order chi connectivity index (χ1) is 12.8. The van der Waals surface area contributed by atoms with Gasteiger partial charge in [-0.3, -0.25) is 4.98 Å². The molecular formula is C21H23N3O3. The number of aromatic nitrogens is 3. The first-order valence-electron chi connectivity index (χ1n) is 8.98. The van der Waals surface area contributed by atoms with Gasteiger partial charge in [0.25, 0.3) is 0 Å². The Morgan fingerprint density at radius 2 is 0.963 bits per heavy atom. The molecule has 3 aromatic rings. The van der Waals surface area contributed by atoms with E-state index in [4.69, 9.17) is 0 Å². The van der Waals surface area contributed by atoms with Crippen LogP contribution in [0.2, 0.25) is 0 Å². The van der Waals surface area contributed by atoms with E-state index in [-0.39, 0.29) is 0 Å². The summed E-state index contributed by atoms with van der Waals surface area (Å²) in [6, 6.07) is 14.3. The number of aromatic amines is 1. The maximum Gasteiger partial charge on any atom is 0.345 e. The number of H-pyrrole nitrogens is 1. The van der Waals surface area contributed by atoms with Gasteiger partial charge in [0.1, 0.15) is 0 Å². The highest BCUT2D eigenvalue weighted by Crippen LogP contribution is 2.16. The van der Waals surface area contributed by atoms with E-state index in [9.17, 15) is 14.4 Å². The molecule has 0 spiro atoms. The van der Waals surface area contributed by atoms with Gasteiger partial charge in [0.2, 0.25) is 0 Å². The van der Waals surface area contributed by atoms with Crippen LogP contribution in [0.4, 0.5) is 0 Å². The van der Waals surface area contributed by atoms with Gasteiger partial charge in [-0.25, -0.2) is 23.5 Å².